The SMILES string of the molecule is CC(C)c1cc(Cl)nc(CCN)n1. The summed E-state index contributed by atoms with van der Waals surface area (Å²) in [6, 6.07) is 1.80. The van der Waals surface area contributed by atoms with E-state index in [1.807, 2.05) is 0 Å². The van der Waals surface area contributed by atoms with E-state index in [1.165, 1.54) is 0 Å². The highest BCUT2D eigenvalue weighted by atomic mass is 35.5. The van der Waals surface area contributed by atoms with E-state index in [1.54, 1.807) is 6.07 Å². The van der Waals surface area contributed by atoms with Crippen molar-refractivity contribution in [2.75, 3.05) is 6.54 Å². The zero-order valence-electron chi connectivity index (χ0n) is 7.92. The molecule has 4 heteroatoms. The quantitative estimate of drug-likeness (QED) is 0.755. The predicted octanol–water partition coefficient (Wildman–Crippen LogP) is 1.75. The van der Waals surface area contributed by atoms with Crippen LogP contribution in [0.3, 0.4) is 0 Å². The first-order valence-corrected chi connectivity index (χ1v) is 4.74. The van der Waals surface area contributed by atoms with E-state index in [9.17, 15) is 0 Å². The molecule has 0 saturated carbocycles. The maximum atomic E-state index is 5.84. The van der Waals surface area contributed by atoms with Crippen LogP contribution in [0.5, 0.6) is 0 Å². The van der Waals surface area contributed by atoms with Gasteiger partial charge in [-0.05, 0) is 18.5 Å². The second-order valence-corrected chi connectivity index (χ2v) is 3.61. The summed E-state index contributed by atoms with van der Waals surface area (Å²) in [7, 11) is 0. The van der Waals surface area contributed by atoms with Gasteiger partial charge in [-0.15, -0.1) is 0 Å². The van der Waals surface area contributed by atoms with Crippen LogP contribution in [-0.4, -0.2) is 16.5 Å². The zero-order valence-corrected chi connectivity index (χ0v) is 8.67. The van der Waals surface area contributed by atoms with Crippen LogP contribution in [0.1, 0.15) is 31.3 Å². The molecule has 1 heterocycles. The minimum atomic E-state index is 0.372. The van der Waals surface area contributed by atoms with E-state index in [0.717, 1.165) is 11.5 Å². The lowest BCUT2D eigenvalue weighted by Crippen LogP contribution is -2.08. The van der Waals surface area contributed by atoms with Crippen LogP contribution in [0.25, 0.3) is 0 Å². The Kier molecular flexibility index (Phi) is 3.63. The van der Waals surface area contributed by atoms with Crippen molar-refractivity contribution in [3.05, 3.63) is 22.7 Å². The van der Waals surface area contributed by atoms with Crippen molar-refractivity contribution in [1.82, 2.24) is 9.97 Å². The summed E-state index contributed by atoms with van der Waals surface area (Å²) in [6.07, 6.45) is 0.681. The van der Waals surface area contributed by atoms with Gasteiger partial charge >= 0.3 is 0 Å². The summed E-state index contributed by atoms with van der Waals surface area (Å²) >= 11 is 5.84. The summed E-state index contributed by atoms with van der Waals surface area (Å²) in [5.74, 6) is 1.11. The van der Waals surface area contributed by atoms with Crippen LogP contribution >= 0.6 is 11.6 Å². The van der Waals surface area contributed by atoms with Gasteiger partial charge in [0.15, 0.2) is 0 Å². The second-order valence-electron chi connectivity index (χ2n) is 3.23. The van der Waals surface area contributed by atoms with E-state index in [-0.39, 0.29) is 0 Å². The third kappa shape index (κ3) is 2.94. The lowest BCUT2D eigenvalue weighted by Gasteiger charge is -2.06. The molecule has 0 aliphatic carbocycles. The molecule has 0 saturated heterocycles. The zero-order chi connectivity index (χ0) is 9.84. The van der Waals surface area contributed by atoms with Gasteiger partial charge in [0.1, 0.15) is 11.0 Å². The molecular weight excluding hydrogens is 186 g/mol. The Balaban J connectivity index is 2.96. The molecular formula is C9H14ClN3. The number of nitrogens with two attached hydrogens (primary N) is 1. The highest BCUT2D eigenvalue weighted by molar-refractivity contribution is 6.29. The van der Waals surface area contributed by atoms with Crippen LogP contribution in [-0.2, 0) is 6.42 Å². The van der Waals surface area contributed by atoms with E-state index >= 15 is 0 Å². The Hall–Kier alpha value is -0.670. The molecule has 0 aliphatic heterocycles. The van der Waals surface area contributed by atoms with E-state index in [4.69, 9.17) is 17.3 Å². The van der Waals surface area contributed by atoms with Gasteiger partial charge in [0.2, 0.25) is 0 Å². The molecule has 1 aromatic rings. The first-order valence-electron chi connectivity index (χ1n) is 4.37. The number of hydrogen-bond acceptors (Lipinski definition) is 3. The highest BCUT2D eigenvalue weighted by Crippen LogP contribution is 2.15. The summed E-state index contributed by atoms with van der Waals surface area (Å²) < 4.78 is 0. The van der Waals surface area contributed by atoms with Crippen molar-refractivity contribution in [2.24, 2.45) is 5.73 Å². The lowest BCUT2D eigenvalue weighted by molar-refractivity contribution is 0.774. The molecule has 0 unspecified atom stereocenters. The van der Waals surface area contributed by atoms with Gasteiger partial charge in [-0.2, -0.15) is 0 Å². The maximum Gasteiger partial charge on any atom is 0.133 e. The molecule has 0 atom stereocenters. The molecule has 1 aromatic heterocycles. The third-order valence-electron chi connectivity index (χ3n) is 1.72. The molecule has 0 bridgehead atoms. The van der Waals surface area contributed by atoms with Crippen molar-refractivity contribution in [1.29, 1.82) is 0 Å². The summed E-state index contributed by atoms with van der Waals surface area (Å²) in [5, 5.41) is 0.502. The topological polar surface area (TPSA) is 51.8 Å². The van der Waals surface area contributed by atoms with Gasteiger partial charge in [0, 0.05) is 12.1 Å². The fourth-order valence-corrected chi connectivity index (χ4v) is 1.23. The predicted molar refractivity (Wildman–Crippen MR) is 53.9 cm³/mol. The summed E-state index contributed by atoms with van der Waals surface area (Å²) in [5.41, 5.74) is 6.39. The average Bonchev–Trinajstić information content (AvgIpc) is 2.03. The van der Waals surface area contributed by atoms with Gasteiger partial charge in [0.25, 0.3) is 0 Å². The smallest absolute Gasteiger partial charge is 0.133 e. The van der Waals surface area contributed by atoms with Crippen LogP contribution in [0, 0.1) is 0 Å². The third-order valence-corrected chi connectivity index (χ3v) is 1.91. The van der Waals surface area contributed by atoms with Gasteiger partial charge < -0.3 is 5.73 Å². The number of hydrogen-bond donors (Lipinski definition) is 1. The van der Waals surface area contributed by atoms with Crippen LogP contribution < -0.4 is 5.73 Å². The van der Waals surface area contributed by atoms with Gasteiger partial charge in [-0.1, -0.05) is 25.4 Å². The lowest BCUT2D eigenvalue weighted by atomic mass is 10.1. The Labute approximate surface area is 83.3 Å². The van der Waals surface area contributed by atoms with E-state index in [2.05, 4.69) is 23.8 Å². The minimum Gasteiger partial charge on any atom is -0.330 e. The standard InChI is InChI=1S/C9H14ClN3/c1-6(2)7-5-8(10)13-9(12-7)3-4-11/h5-6H,3-4,11H2,1-2H3. The number of halogens is 1. The van der Waals surface area contributed by atoms with E-state index in [0.29, 0.717) is 24.0 Å². The van der Waals surface area contributed by atoms with Gasteiger partial charge in [-0.25, -0.2) is 9.97 Å². The fourth-order valence-electron chi connectivity index (χ4n) is 1.02. The van der Waals surface area contributed by atoms with Crippen molar-refractivity contribution < 1.29 is 0 Å². The summed E-state index contributed by atoms with van der Waals surface area (Å²) in [6.45, 7) is 4.70. The Morgan fingerprint density at radius 2 is 2.15 bits per heavy atom. The first kappa shape index (κ1) is 10.4. The Morgan fingerprint density at radius 1 is 1.46 bits per heavy atom. The molecule has 0 fully saturated rings. The normalized spacial score (nSPS) is 10.8. The number of rotatable bonds is 3. The molecule has 0 radical (unpaired) electrons. The first-order chi connectivity index (χ1) is 6.13. The van der Waals surface area contributed by atoms with Crippen molar-refractivity contribution >= 4 is 11.6 Å². The highest BCUT2D eigenvalue weighted by Gasteiger charge is 2.05. The van der Waals surface area contributed by atoms with Gasteiger partial charge in [-0.3, -0.25) is 0 Å². The molecule has 0 amide bonds. The number of nitrogens with zero attached hydrogens (tertiary/aromatic N) is 2. The molecule has 0 aliphatic rings. The molecule has 13 heavy (non-hydrogen) atoms. The Bertz CT molecular complexity index is 286. The molecule has 2 N–H and O–H groups in total. The maximum absolute atomic E-state index is 5.84. The van der Waals surface area contributed by atoms with Crippen molar-refractivity contribution in [2.45, 2.75) is 26.2 Å². The van der Waals surface area contributed by atoms with Crippen LogP contribution in [0.4, 0.5) is 0 Å². The average molecular weight is 200 g/mol. The molecule has 0 aromatic carbocycles. The monoisotopic (exact) mass is 199 g/mol. The van der Waals surface area contributed by atoms with Crippen LogP contribution in [0.2, 0.25) is 5.15 Å². The molecule has 72 valence electrons. The van der Waals surface area contributed by atoms with Gasteiger partial charge in [0.05, 0.1) is 0 Å². The minimum absolute atomic E-state index is 0.372. The van der Waals surface area contributed by atoms with Crippen molar-refractivity contribution in [3.8, 4) is 0 Å². The Morgan fingerprint density at radius 3 is 2.69 bits per heavy atom. The molecule has 3 nitrogen and oxygen atoms in total. The second kappa shape index (κ2) is 4.53. The molecule has 0 spiro atoms. The van der Waals surface area contributed by atoms with Crippen molar-refractivity contribution in [3.63, 3.8) is 0 Å². The largest absolute Gasteiger partial charge is 0.330 e. The molecule has 1 rings (SSSR count). The fraction of sp³-hybridized carbons (Fsp3) is 0.556. The summed E-state index contributed by atoms with van der Waals surface area (Å²) in [4.78, 5) is 8.43. The van der Waals surface area contributed by atoms with E-state index < -0.39 is 0 Å². The number of aromatic nitrogens is 2. The van der Waals surface area contributed by atoms with Crippen LogP contribution in [0.15, 0.2) is 6.07 Å².